The number of benzene rings is 1. The molecule has 0 saturated carbocycles. The Balaban J connectivity index is 2.14. The Labute approximate surface area is 125 Å². The summed E-state index contributed by atoms with van der Waals surface area (Å²) < 4.78 is 40.0. The van der Waals surface area contributed by atoms with Gasteiger partial charge in [-0.25, -0.2) is 12.8 Å². The minimum absolute atomic E-state index is 0.0148. The third kappa shape index (κ3) is 2.52. The van der Waals surface area contributed by atoms with Gasteiger partial charge in [0.1, 0.15) is 10.0 Å². The second-order valence-corrected chi connectivity index (χ2v) is 7.51. The summed E-state index contributed by atoms with van der Waals surface area (Å²) in [6.07, 6.45) is 0.0148. The Hall–Kier alpha value is -1.93. The fourth-order valence-electron chi connectivity index (χ4n) is 2.13. The molecular formula is C13H11FN2O3S2. The highest BCUT2D eigenvalue weighted by molar-refractivity contribution is 7.94. The molecule has 0 aliphatic carbocycles. The lowest BCUT2D eigenvalue weighted by molar-refractivity contribution is -0.115. The maximum absolute atomic E-state index is 13.3. The highest BCUT2D eigenvalue weighted by Crippen LogP contribution is 2.34. The van der Waals surface area contributed by atoms with Crippen molar-refractivity contribution >= 4 is 38.6 Å². The Morgan fingerprint density at radius 3 is 2.81 bits per heavy atom. The third-order valence-electron chi connectivity index (χ3n) is 3.08. The molecule has 21 heavy (non-hydrogen) atoms. The molecule has 0 saturated heterocycles. The van der Waals surface area contributed by atoms with Gasteiger partial charge < -0.3 is 5.32 Å². The molecule has 0 fully saturated rings. The van der Waals surface area contributed by atoms with E-state index in [0.29, 0.717) is 0 Å². The van der Waals surface area contributed by atoms with Crippen molar-refractivity contribution in [2.24, 2.45) is 0 Å². The molecule has 1 aliphatic heterocycles. The number of nitrogens with one attached hydrogen (secondary N) is 1. The van der Waals surface area contributed by atoms with Gasteiger partial charge in [0.15, 0.2) is 0 Å². The molecule has 0 spiro atoms. The predicted octanol–water partition coefficient (Wildman–Crippen LogP) is 2.42. The minimum atomic E-state index is -3.75. The van der Waals surface area contributed by atoms with E-state index < -0.39 is 15.8 Å². The number of fused-ring (bicyclic) bond motifs is 1. The van der Waals surface area contributed by atoms with E-state index in [1.165, 1.54) is 18.2 Å². The van der Waals surface area contributed by atoms with Crippen molar-refractivity contribution in [3.05, 3.63) is 41.5 Å². The highest BCUT2D eigenvalue weighted by Gasteiger charge is 2.30. The van der Waals surface area contributed by atoms with Gasteiger partial charge in [-0.15, -0.1) is 11.3 Å². The van der Waals surface area contributed by atoms with Crippen LogP contribution in [0.2, 0.25) is 0 Å². The highest BCUT2D eigenvalue weighted by atomic mass is 32.2. The molecule has 5 nitrogen and oxygen atoms in total. The van der Waals surface area contributed by atoms with Crippen molar-refractivity contribution in [1.29, 1.82) is 0 Å². The zero-order valence-electron chi connectivity index (χ0n) is 10.7. The summed E-state index contributed by atoms with van der Waals surface area (Å²) >= 11 is 1.10. The predicted molar refractivity (Wildman–Crippen MR) is 78.5 cm³/mol. The van der Waals surface area contributed by atoms with Crippen LogP contribution in [0.3, 0.4) is 0 Å². The quantitative estimate of drug-likeness (QED) is 0.922. The first-order valence-electron chi connectivity index (χ1n) is 6.14. The lowest BCUT2D eigenvalue weighted by atomic mass is 10.2. The van der Waals surface area contributed by atoms with Crippen LogP contribution in [0.1, 0.15) is 6.42 Å². The van der Waals surface area contributed by atoms with E-state index >= 15 is 0 Å². The molecule has 8 heteroatoms. The lowest BCUT2D eigenvalue weighted by Gasteiger charge is -2.22. The van der Waals surface area contributed by atoms with Crippen molar-refractivity contribution in [3.63, 3.8) is 0 Å². The van der Waals surface area contributed by atoms with Crippen molar-refractivity contribution < 1.29 is 17.6 Å². The number of amides is 1. The first-order chi connectivity index (χ1) is 9.98. The van der Waals surface area contributed by atoms with Gasteiger partial charge >= 0.3 is 0 Å². The number of nitrogens with zero attached hydrogens (tertiary/aromatic N) is 1. The summed E-state index contributed by atoms with van der Waals surface area (Å²) in [6.45, 7) is 0.0186. The Bertz CT molecular complexity index is 788. The number of halogens is 1. The number of sulfonamides is 1. The zero-order valence-corrected chi connectivity index (χ0v) is 12.4. The minimum Gasteiger partial charge on any atom is -0.324 e. The Kier molecular flexibility index (Phi) is 3.42. The molecule has 110 valence electrons. The lowest BCUT2D eigenvalue weighted by Crippen LogP contribution is -2.31. The molecule has 0 radical (unpaired) electrons. The van der Waals surface area contributed by atoms with E-state index in [1.807, 2.05) is 0 Å². The van der Waals surface area contributed by atoms with Crippen molar-refractivity contribution in [3.8, 4) is 0 Å². The number of carbonyl (C=O) groups is 1. The number of carbonyl (C=O) groups excluding carboxylic acids is 1. The summed E-state index contributed by atoms with van der Waals surface area (Å²) in [5, 5.41) is 4.20. The molecule has 0 atom stereocenters. The van der Waals surface area contributed by atoms with Gasteiger partial charge in [-0.3, -0.25) is 9.10 Å². The average molecular weight is 326 g/mol. The van der Waals surface area contributed by atoms with Crippen LogP contribution in [0.25, 0.3) is 0 Å². The zero-order chi connectivity index (χ0) is 15.0. The third-order valence-corrected chi connectivity index (χ3v) is 6.27. The van der Waals surface area contributed by atoms with E-state index in [4.69, 9.17) is 0 Å². The molecule has 0 unspecified atom stereocenters. The summed E-state index contributed by atoms with van der Waals surface area (Å²) in [4.78, 5) is 11.7. The molecule has 0 bridgehead atoms. The summed E-state index contributed by atoms with van der Waals surface area (Å²) in [6, 6.07) is 6.80. The van der Waals surface area contributed by atoms with Gasteiger partial charge in [0, 0.05) is 13.0 Å². The van der Waals surface area contributed by atoms with E-state index in [-0.39, 0.29) is 34.5 Å². The smallest absolute Gasteiger partial charge is 0.273 e. The van der Waals surface area contributed by atoms with Crippen molar-refractivity contribution in [2.75, 3.05) is 16.2 Å². The topological polar surface area (TPSA) is 66.5 Å². The van der Waals surface area contributed by atoms with Crippen molar-refractivity contribution in [1.82, 2.24) is 0 Å². The maximum atomic E-state index is 13.3. The fourth-order valence-corrected chi connectivity index (χ4v) is 4.72. The van der Waals surface area contributed by atoms with E-state index in [9.17, 15) is 17.6 Å². The molecule has 1 amide bonds. The van der Waals surface area contributed by atoms with Crippen LogP contribution in [-0.4, -0.2) is 20.9 Å². The molecular weight excluding hydrogens is 315 g/mol. The van der Waals surface area contributed by atoms with Crippen LogP contribution in [0.4, 0.5) is 15.8 Å². The second kappa shape index (κ2) is 5.12. The molecule has 1 aromatic heterocycles. The van der Waals surface area contributed by atoms with Gasteiger partial charge in [-0.2, -0.15) is 0 Å². The van der Waals surface area contributed by atoms with E-state index in [2.05, 4.69) is 5.32 Å². The molecule has 3 rings (SSSR count). The summed E-state index contributed by atoms with van der Waals surface area (Å²) in [5.74, 6) is -0.879. The standard InChI is InChI=1S/C13H11FN2O3S2/c14-9-3-4-11-10(8-9)15-12(17)5-6-16(11)21(18,19)13-2-1-7-20-13/h1-4,7-8H,5-6H2,(H,15,17). The molecule has 2 aromatic rings. The van der Waals surface area contributed by atoms with Crippen LogP contribution in [-0.2, 0) is 14.8 Å². The van der Waals surface area contributed by atoms with Gasteiger partial charge in [0.25, 0.3) is 10.0 Å². The summed E-state index contributed by atoms with van der Waals surface area (Å²) in [7, 11) is -3.75. The van der Waals surface area contributed by atoms with Gasteiger partial charge in [-0.05, 0) is 29.6 Å². The number of hydrogen-bond donors (Lipinski definition) is 1. The summed E-state index contributed by atoms with van der Waals surface area (Å²) in [5.41, 5.74) is 0.438. The van der Waals surface area contributed by atoms with Crippen LogP contribution in [0.15, 0.2) is 39.9 Å². The second-order valence-electron chi connectivity index (χ2n) is 4.47. The molecule has 1 aliphatic rings. The molecule has 2 heterocycles. The fraction of sp³-hybridized carbons (Fsp3) is 0.154. The monoisotopic (exact) mass is 326 g/mol. The van der Waals surface area contributed by atoms with Gasteiger partial charge in [0.05, 0.1) is 11.4 Å². The number of anilines is 2. The van der Waals surface area contributed by atoms with Crippen molar-refractivity contribution in [2.45, 2.75) is 10.6 Å². The Morgan fingerprint density at radius 1 is 1.29 bits per heavy atom. The number of thiophene rings is 1. The van der Waals surface area contributed by atoms with Gasteiger partial charge in [0.2, 0.25) is 5.91 Å². The van der Waals surface area contributed by atoms with Gasteiger partial charge in [-0.1, -0.05) is 6.07 Å². The van der Waals surface area contributed by atoms with E-state index in [1.54, 1.807) is 11.4 Å². The molecule has 1 N–H and O–H groups in total. The number of rotatable bonds is 2. The first-order valence-corrected chi connectivity index (χ1v) is 8.46. The normalized spacial score (nSPS) is 15.3. The first kappa shape index (κ1) is 14.0. The van der Waals surface area contributed by atoms with Crippen LogP contribution < -0.4 is 9.62 Å². The Morgan fingerprint density at radius 2 is 2.10 bits per heavy atom. The van der Waals surface area contributed by atoms with Crippen LogP contribution >= 0.6 is 11.3 Å². The van der Waals surface area contributed by atoms with E-state index in [0.717, 1.165) is 21.7 Å². The van der Waals surface area contributed by atoms with Crippen LogP contribution in [0.5, 0.6) is 0 Å². The SMILES string of the molecule is O=C1CCN(S(=O)(=O)c2cccs2)c2ccc(F)cc2N1. The average Bonchev–Trinajstić information content (AvgIpc) is 2.90. The number of hydrogen-bond acceptors (Lipinski definition) is 4. The maximum Gasteiger partial charge on any atom is 0.273 e. The molecule has 1 aromatic carbocycles. The van der Waals surface area contributed by atoms with Crippen LogP contribution in [0, 0.1) is 5.82 Å². The largest absolute Gasteiger partial charge is 0.324 e.